The SMILES string of the molecule is Cc1cc(Cl)c(C(N)C2C3CC4CC(C3)CC2C4)cc1C. The van der Waals surface area contributed by atoms with Crippen LogP contribution in [-0.2, 0) is 0 Å². The van der Waals surface area contributed by atoms with E-state index in [0.717, 1.165) is 28.7 Å². The zero-order chi connectivity index (χ0) is 14.7. The fraction of sp³-hybridized carbons (Fsp3) is 0.684. The molecule has 4 bridgehead atoms. The van der Waals surface area contributed by atoms with E-state index in [0.29, 0.717) is 5.92 Å². The lowest BCUT2D eigenvalue weighted by Gasteiger charge is -2.56. The summed E-state index contributed by atoms with van der Waals surface area (Å²) in [5.74, 6) is 4.39. The van der Waals surface area contributed by atoms with Gasteiger partial charge < -0.3 is 5.73 Å². The highest BCUT2D eigenvalue weighted by molar-refractivity contribution is 6.31. The maximum atomic E-state index is 6.76. The Balaban J connectivity index is 1.66. The van der Waals surface area contributed by atoms with Gasteiger partial charge in [0.25, 0.3) is 0 Å². The van der Waals surface area contributed by atoms with Crippen LogP contribution in [0.3, 0.4) is 0 Å². The van der Waals surface area contributed by atoms with Gasteiger partial charge in [0, 0.05) is 11.1 Å². The van der Waals surface area contributed by atoms with Crippen molar-refractivity contribution >= 4 is 11.6 Å². The van der Waals surface area contributed by atoms with E-state index in [2.05, 4.69) is 26.0 Å². The average Bonchev–Trinajstić information content (AvgIpc) is 2.41. The van der Waals surface area contributed by atoms with Crippen LogP contribution in [0.5, 0.6) is 0 Å². The summed E-state index contributed by atoms with van der Waals surface area (Å²) < 4.78 is 0. The van der Waals surface area contributed by atoms with Gasteiger partial charge in [0.05, 0.1) is 0 Å². The summed E-state index contributed by atoms with van der Waals surface area (Å²) in [6.07, 6.45) is 7.20. The third kappa shape index (κ3) is 2.24. The van der Waals surface area contributed by atoms with Crippen LogP contribution in [0.4, 0.5) is 0 Å². The molecule has 114 valence electrons. The van der Waals surface area contributed by atoms with Crippen molar-refractivity contribution in [1.29, 1.82) is 0 Å². The number of aryl methyl sites for hydroxylation is 2. The van der Waals surface area contributed by atoms with Crippen LogP contribution in [0, 0.1) is 43.4 Å². The normalized spacial score (nSPS) is 38.8. The van der Waals surface area contributed by atoms with Crippen LogP contribution in [0.25, 0.3) is 0 Å². The molecular weight excluding hydrogens is 278 g/mol. The van der Waals surface area contributed by atoms with Gasteiger partial charge in [-0.05, 0) is 98.3 Å². The van der Waals surface area contributed by atoms with E-state index in [-0.39, 0.29) is 6.04 Å². The Kier molecular flexibility index (Phi) is 3.35. The molecular formula is C19H26ClN. The number of halogens is 1. The number of hydrogen-bond donors (Lipinski definition) is 1. The molecule has 0 aliphatic heterocycles. The number of benzene rings is 1. The van der Waals surface area contributed by atoms with E-state index in [1.807, 2.05) is 0 Å². The second kappa shape index (κ2) is 4.99. The first-order chi connectivity index (χ1) is 10.0. The summed E-state index contributed by atoms with van der Waals surface area (Å²) in [7, 11) is 0. The zero-order valence-corrected chi connectivity index (χ0v) is 13.9. The first-order valence-corrected chi connectivity index (χ1v) is 8.93. The Morgan fingerprint density at radius 3 is 2.05 bits per heavy atom. The maximum Gasteiger partial charge on any atom is 0.0456 e. The Morgan fingerprint density at radius 2 is 1.48 bits per heavy atom. The van der Waals surface area contributed by atoms with Crippen LogP contribution in [0.1, 0.15) is 54.8 Å². The third-order valence-corrected chi connectivity index (χ3v) is 7.01. The van der Waals surface area contributed by atoms with Gasteiger partial charge in [-0.2, -0.15) is 0 Å². The van der Waals surface area contributed by atoms with E-state index in [9.17, 15) is 0 Å². The van der Waals surface area contributed by atoms with Gasteiger partial charge in [-0.3, -0.25) is 0 Å². The molecule has 0 aromatic heterocycles. The monoisotopic (exact) mass is 303 g/mol. The first kappa shape index (κ1) is 14.1. The van der Waals surface area contributed by atoms with E-state index in [1.165, 1.54) is 48.8 Å². The maximum absolute atomic E-state index is 6.76. The highest BCUT2D eigenvalue weighted by Crippen LogP contribution is 2.59. The van der Waals surface area contributed by atoms with Gasteiger partial charge in [-0.1, -0.05) is 17.7 Å². The van der Waals surface area contributed by atoms with Crippen molar-refractivity contribution in [1.82, 2.24) is 0 Å². The van der Waals surface area contributed by atoms with Gasteiger partial charge in [0.15, 0.2) is 0 Å². The number of rotatable bonds is 2. The van der Waals surface area contributed by atoms with Crippen molar-refractivity contribution in [3.05, 3.63) is 33.8 Å². The molecule has 0 saturated heterocycles. The predicted molar refractivity (Wildman–Crippen MR) is 88.4 cm³/mol. The second-order valence-corrected chi connectivity index (χ2v) is 8.40. The van der Waals surface area contributed by atoms with Crippen LogP contribution in [0.15, 0.2) is 12.1 Å². The van der Waals surface area contributed by atoms with Crippen molar-refractivity contribution in [3.8, 4) is 0 Å². The molecule has 21 heavy (non-hydrogen) atoms. The highest BCUT2D eigenvalue weighted by atomic mass is 35.5. The largest absolute Gasteiger partial charge is 0.324 e. The third-order valence-electron chi connectivity index (χ3n) is 6.69. The van der Waals surface area contributed by atoms with Gasteiger partial charge in [-0.15, -0.1) is 0 Å². The molecule has 2 N–H and O–H groups in total. The lowest BCUT2D eigenvalue weighted by atomic mass is 9.50. The van der Waals surface area contributed by atoms with Gasteiger partial charge in [0.2, 0.25) is 0 Å². The van der Waals surface area contributed by atoms with Gasteiger partial charge >= 0.3 is 0 Å². The molecule has 0 heterocycles. The minimum Gasteiger partial charge on any atom is -0.324 e. The quantitative estimate of drug-likeness (QED) is 0.815. The highest BCUT2D eigenvalue weighted by Gasteiger charge is 2.50. The molecule has 1 aromatic rings. The summed E-state index contributed by atoms with van der Waals surface area (Å²) in [5, 5.41) is 0.874. The fourth-order valence-electron chi connectivity index (χ4n) is 5.82. The fourth-order valence-corrected chi connectivity index (χ4v) is 6.16. The van der Waals surface area contributed by atoms with Crippen molar-refractivity contribution < 1.29 is 0 Å². The zero-order valence-electron chi connectivity index (χ0n) is 13.1. The molecule has 0 radical (unpaired) electrons. The van der Waals surface area contributed by atoms with Crippen LogP contribution in [-0.4, -0.2) is 0 Å². The topological polar surface area (TPSA) is 26.0 Å². The summed E-state index contributed by atoms with van der Waals surface area (Å²) >= 11 is 6.53. The molecule has 0 spiro atoms. The molecule has 5 rings (SSSR count). The van der Waals surface area contributed by atoms with E-state index >= 15 is 0 Å². The average molecular weight is 304 g/mol. The second-order valence-electron chi connectivity index (χ2n) is 7.99. The number of nitrogens with two attached hydrogens (primary N) is 1. The van der Waals surface area contributed by atoms with E-state index in [4.69, 9.17) is 17.3 Å². The van der Waals surface area contributed by atoms with Crippen molar-refractivity contribution in [3.63, 3.8) is 0 Å². The molecule has 2 heteroatoms. The lowest BCUT2D eigenvalue weighted by molar-refractivity contribution is -0.0471. The predicted octanol–water partition coefficient (Wildman–Crippen LogP) is 5.03. The summed E-state index contributed by atoms with van der Waals surface area (Å²) in [6, 6.07) is 4.47. The Morgan fingerprint density at radius 1 is 0.952 bits per heavy atom. The molecule has 1 aromatic carbocycles. The summed E-state index contributed by atoms with van der Waals surface area (Å²) in [5.41, 5.74) is 10.5. The Hall–Kier alpha value is -0.530. The van der Waals surface area contributed by atoms with Gasteiger partial charge in [0.1, 0.15) is 0 Å². The summed E-state index contributed by atoms with van der Waals surface area (Å²) in [4.78, 5) is 0. The van der Waals surface area contributed by atoms with Crippen molar-refractivity contribution in [2.75, 3.05) is 0 Å². The van der Waals surface area contributed by atoms with Crippen LogP contribution >= 0.6 is 11.6 Å². The molecule has 1 unspecified atom stereocenters. The molecule has 4 fully saturated rings. The molecule has 4 saturated carbocycles. The minimum absolute atomic E-state index is 0.131. The standard InChI is InChI=1S/C19H26ClN/c1-10-3-16(17(20)4-11(10)2)19(21)18-14-6-12-5-13(8-14)9-15(18)7-12/h3-4,12-15,18-19H,5-9,21H2,1-2H3. The minimum atomic E-state index is 0.131. The molecule has 1 atom stereocenters. The number of hydrogen-bond acceptors (Lipinski definition) is 1. The molecule has 1 nitrogen and oxygen atoms in total. The van der Waals surface area contributed by atoms with Crippen molar-refractivity contribution in [2.45, 2.75) is 52.0 Å². The molecule has 0 amide bonds. The van der Waals surface area contributed by atoms with Gasteiger partial charge in [-0.25, -0.2) is 0 Å². The Labute approximate surface area is 133 Å². The lowest BCUT2D eigenvalue weighted by Crippen LogP contribution is -2.48. The first-order valence-electron chi connectivity index (χ1n) is 8.55. The van der Waals surface area contributed by atoms with Crippen molar-refractivity contribution in [2.24, 2.45) is 35.3 Å². The molecule has 4 aliphatic rings. The van der Waals surface area contributed by atoms with E-state index < -0.39 is 0 Å². The van der Waals surface area contributed by atoms with Crippen LogP contribution < -0.4 is 5.73 Å². The molecule has 4 aliphatic carbocycles. The Bertz CT molecular complexity index is 537. The smallest absolute Gasteiger partial charge is 0.0456 e. The van der Waals surface area contributed by atoms with E-state index in [1.54, 1.807) is 0 Å². The van der Waals surface area contributed by atoms with Crippen LogP contribution in [0.2, 0.25) is 5.02 Å². The summed E-state index contributed by atoms with van der Waals surface area (Å²) in [6.45, 7) is 4.29.